The van der Waals surface area contributed by atoms with Crippen LogP contribution >= 0.6 is 15.9 Å². The fraction of sp³-hybridized carbons (Fsp3) is 1.00. The highest BCUT2D eigenvalue weighted by atomic mass is 79.9. The molecule has 0 aromatic rings. The van der Waals surface area contributed by atoms with Crippen LogP contribution in [0, 0.1) is 16.7 Å². The molecule has 0 aliphatic carbocycles. The van der Waals surface area contributed by atoms with E-state index in [1.54, 1.807) is 0 Å². The van der Waals surface area contributed by atoms with Crippen molar-refractivity contribution in [3.63, 3.8) is 0 Å². The Kier molecular flexibility index (Phi) is 4.27. The molecule has 90 valence electrons. The van der Waals surface area contributed by atoms with Gasteiger partial charge in [-0.05, 0) is 29.7 Å². The Bertz CT molecular complexity index is 205. The molecule has 1 aliphatic rings. The first-order valence-corrected chi connectivity index (χ1v) is 7.15. The summed E-state index contributed by atoms with van der Waals surface area (Å²) in [7, 11) is 0. The SMILES string of the molecule is CC1(C)CCN(CC(CBr)C(C)(C)C)C1. The zero-order chi connectivity index (χ0) is 11.7. The van der Waals surface area contributed by atoms with Gasteiger partial charge in [-0.3, -0.25) is 0 Å². The Balaban J connectivity index is 2.48. The molecule has 0 N–H and O–H groups in total. The average molecular weight is 276 g/mol. The maximum absolute atomic E-state index is 3.66. The molecule has 1 nitrogen and oxygen atoms in total. The normalized spacial score (nSPS) is 24.4. The van der Waals surface area contributed by atoms with Crippen LogP contribution in [0.25, 0.3) is 0 Å². The maximum Gasteiger partial charge on any atom is 0.00768 e. The highest BCUT2D eigenvalue weighted by Crippen LogP contribution is 2.33. The van der Waals surface area contributed by atoms with Gasteiger partial charge in [-0.15, -0.1) is 0 Å². The molecule has 1 unspecified atom stereocenters. The molecule has 0 aromatic heterocycles. The monoisotopic (exact) mass is 275 g/mol. The molecule has 0 aromatic carbocycles. The highest BCUT2D eigenvalue weighted by Gasteiger charge is 2.32. The lowest BCUT2D eigenvalue weighted by atomic mass is 9.82. The summed E-state index contributed by atoms with van der Waals surface area (Å²) < 4.78 is 0. The number of hydrogen-bond donors (Lipinski definition) is 0. The second kappa shape index (κ2) is 4.75. The van der Waals surface area contributed by atoms with Gasteiger partial charge in [0.05, 0.1) is 0 Å². The Labute approximate surface area is 104 Å². The van der Waals surface area contributed by atoms with E-state index >= 15 is 0 Å². The lowest BCUT2D eigenvalue weighted by molar-refractivity contribution is 0.177. The lowest BCUT2D eigenvalue weighted by Gasteiger charge is -2.33. The molecule has 1 atom stereocenters. The third-order valence-electron chi connectivity index (χ3n) is 3.65. The molecule has 1 aliphatic heterocycles. The summed E-state index contributed by atoms with van der Waals surface area (Å²) in [5, 5.41) is 1.12. The first-order chi connectivity index (χ1) is 6.74. The van der Waals surface area contributed by atoms with Gasteiger partial charge in [-0.25, -0.2) is 0 Å². The first-order valence-electron chi connectivity index (χ1n) is 6.03. The van der Waals surface area contributed by atoms with E-state index in [4.69, 9.17) is 0 Å². The van der Waals surface area contributed by atoms with Crippen molar-refractivity contribution in [3.05, 3.63) is 0 Å². The fourth-order valence-electron chi connectivity index (χ4n) is 2.25. The van der Waals surface area contributed by atoms with Crippen molar-refractivity contribution in [1.82, 2.24) is 4.90 Å². The van der Waals surface area contributed by atoms with Gasteiger partial charge < -0.3 is 4.90 Å². The minimum absolute atomic E-state index is 0.413. The molecule has 0 radical (unpaired) electrons. The van der Waals surface area contributed by atoms with Gasteiger partial charge >= 0.3 is 0 Å². The molecule has 15 heavy (non-hydrogen) atoms. The molecule has 0 amide bonds. The van der Waals surface area contributed by atoms with Crippen molar-refractivity contribution < 1.29 is 0 Å². The predicted molar refractivity (Wildman–Crippen MR) is 71.6 cm³/mol. The van der Waals surface area contributed by atoms with E-state index in [1.807, 2.05) is 0 Å². The zero-order valence-electron chi connectivity index (χ0n) is 10.9. The summed E-state index contributed by atoms with van der Waals surface area (Å²) in [5.74, 6) is 0.756. The van der Waals surface area contributed by atoms with E-state index in [1.165, 1.54) is 26.1 Å². The van der Waals surface area contributed by atoms with Gasteiger partial charge in [0, 0.05) is 18.4 Å². The zero-order valence-corrected chi connectivity index (χ0v) is 12.5. The lowest BCUT2D eigenvalue weighted by Crippen LogP contribution is -2.36. The quantitative estimate of drug-likeness (QED) is 0.709. The largest absolute Gasteiger partial charge is 0.302 e. The van der Waals surface area contributed by atoms with Crippen molar-refractivity contribution in [2.45, 2.75) is 41.0 Å². The molecular formula is C13H26BrN. The molecule has 0 saturated carbocycles. The van der Waals surface area contributed by atoms with Crippen LogP contribution in [-0.4, -0.2) is 29.9 Å². The van der Waals surface area contributed by atoms with Crippen molar-refractivity contribution in [3.8, 4) is 0 Å². The van der Waals surface area contributed by atoms with Crippen LogP contribution < -0.4 is 0 Å². The summed E-state index contributed by atoms with van der Waals surface area (Å²) in [6, 6.07) is 0. The standard InChI is InChI=1S/C13H26BrN/c1-12(2,3)11(8-14)9-15-7-6-13(4,5)10-15/h11H,6-10H2,1-5H3. The van der Waals surface area contributed by atoms with Crippen molar-refractivity contribution in [2.24, 2.45) is 16.7 Å². The highest BCUT2D eigenvalue weighted by molar-refractivity contribution is 9.09. The van der Waals surface area contributed by atoms with Gasteiger partial charge in [0.2, 0.25) is 0 Å². The molecule has 1 saturated heterocycles. The third-order valence-corrected chi connectivity index (χ3v) is 4.43. The molecule has 1 rings (SSSR count). The van der Waals surface area contributed by atoms with Crippen molar-refractivity contribution >= 4 is 15.9 Å². The first kappa shape index (κ1) is 13.5. The topological polar surface area (TPSA) is 3.24 Å². The number of alkyl halides is 1. The molecule has 0 spiro atoms. The van der Waals surface area contributed by atoms with Gasteiger partial charge in [-0.1, -0.05) is 50.5 Å². The second-order valence-electron chi connectivity index (χ2n) is 6.87. The van der Waals surface area contributed by atoms with E-state index in [-0.39, 0.29) is 0 Å². The van der Waals surface area contributed by atoms with Gasteiger partial charge in [0.15, 0.2) is 0 Å². The van der Waals surface area contributed by atoms with Crippen LogP contribution in [0.5, 0.6) is 0 Å². The summed E-state index contributed by atoms with van der Waals surface area (Å²) in [6.45, 7) is 15.6. The minimum atomic E-state index is 0.413. The number of halogens is 1. The van der Waals surface area contributed by atoms with Crippen LogP contribution in [0.3, 0.4) is 0 Å². The Morgan fingerprint density at radius 1 is 1.33 bits per heavy atom. The third kappa shape index (κ3) is 4.07. The Morgan fingerprint density at radius 3 is 2.27 bits per heavy atom. The maximum atomic E-state index is 3.66. The van der Waals surface area contributed by atoms with E-state index in [2.05, 4.69) is 55.4 Å². The molecular weight excluding hydrogens is 250 g/mol. The second-order valence-corrected chi connectivity index (χ2v) is 7.51. The number of nitrogens with zero attached hydrogens (tertiary/aromatic N) is 1. The predicted octanol–water partition coefficient (Wildman–Crippen LogP) is 3.78. The molecule has 2 heteroatoms. The number of rotatable bonds is 3. The number of likely N-dealkylation sites (tertiary alicyclic amines) is 1. The molecule has 0 bridgehead atoms. The molecule has 1 heterocycles. The average Bonchev–Trinajstić information content (AvgIpc) is 2.39. The van der Waals surface area contributed by atoms with Crippen LogP contribution in [0.15, 0.2) is 0 Å². The molecule has 1 fully saturated rings. The Hall–Kier alpha value is 0.440. The van der Waals surface area contributed by atoms with Crippen LogP contribution in [0.2, 0.25) is 0 Å². The minimum Gasteiger partial charge on any atom is -0.302 e. The van der Waals surface area contributed by atoms with E-state index in [0.29, 0.717) is 10.8 Å². The van der Waals surface area contributed by atoms with E-state index < -0.39 is 0 Å². The summed E-state index contributed by atoms with van der Waals surface area (Å²) >= 11 is 3.66. The fourth-order valence-corrected chi connectivity index (χ4v) is 3.42. The van der Waals surface area contributed by atoms with Crippen LogP contribution in [0.4, 0.5) is 0 Å². The van der Waals surface area contributed by atoms with Crippen molar-refractivity contribution in [2.75, 3.05) is 25.0 Å². The van der Waals surface area contributed by atoms with E-state index in [0.717, 1.165) is 11.2 Å². The smallest absolute Gasteiger partial charge is 0.00768 e. The van der Waals surface area contributed by atoms with Gasteiger partial charge in [0.1, 0.15) is 0 Å². The number of hydrogen-bond acceptors (Lipinski definition) is 1. The van der Waals surface area contributed by atoms with Crippen LogP contribution in [0.1, 0.15) is 41.0 Å². The van der Waals surface area contributed by atoms with E-state index in [9.17, 15) is 0 Å². The summed E-state index contributed by atoms with van der Waals surface area (Å²) in [6.07, 6.45) is 1.35. The van der Waals surface area contributed by atoms with Crippen LogP contribution in [-0.2, 0) is 0 Å². The Morgan fingerprint density at radius 2 is 1.93 bits per heavy atom. The van der Waals surface area contributed by atoms with Crippen molar-refractivity contribution in [1.29, 1.82) is 0 Å². The van der Waals surface area contributed by atoms with Gasteiger partial charge in [-0.2, -0.15) is 0 Å². The summed E-state index contributed by atoms with van der Waals surface area (Å²) in [5.41, 5.74) is 0.949. The summed E-state index contributed by atoms with van der Waals surface area (Å²) in [4.78, 5) is 2.64. The van der Waals surface area contributed by atoms with Gasteiger partial charge in [0.25, 0.3) is 0 Å².